The third-order valence-corrected chi connectivity index (χ3v) is 2.67. The first kappa shape index (κ1) is 13.3. The Hall–Kier alpha value is -0.810. The summed E-state index contributed by atoms with van der Waals surface area (Å²) in [7, 11) is 0. The Morgan fingerprint density at radius 1 is 1.06 bits per heavy atom. The van der Waals surface area contributed by atoms with Gasteiger partial charge in [-0.2, -0.15) is 0 Å². The summed E-state index contributed by atoms with van der Waals surface area (Å²) in [5, 5.41) is -1.17. The highest BCUT2D eigenvalue weighted by Crippen LogP contribution is 2.32. The lowest BCUT2D eigenvalue weighted by molar-refractivity contribution is 0.427. The summed E-state index contributed by atoms with van der Waals surface area (Å²) >= 11 is 5.09. The predicted molar refractivity (Wildman–Crippen MR) is 53.4 cm³/mol. The normalized spacial score (nSPS) is 12.9. The maximum absolute atomic E-state index is 13.4. The number of nitrogens with two attached hydrogens (primary N) is 1. The lowest BCUT2D eigenvalue weighted by atomic mass is 9.96. The Bertz CT molecular complexity index is 379. The fourth-order valence-electron chi connectivity index (χ4n) is 1.45. The van der Waals surface area contributed by atoms with Crippen molar-refractivity contribution in [2.24, 2.45) is 5.73 Å². The second-order valence-corrected chi connectivity index (χ2v) is 3.84. The molecule has 16 heavy (non-hydrogen) atoms. The first-order valence-electron chi connectivity index (χ1n) is 4.63. The van der Waals surface area contributed by atoms with Gasteiger partial charge in [0, 0.05) is 5.56 Å². The molecule has 0 amide bonds. The Balaban J connectivity index is 3.39. The predicted octanol–water partition coefficient (Wildman–Crippen LogP) is 3.35. The summed E-state index contributed by atoms with van der Waals surface area (Å²) < 4.78 is 52.9. The number of halogens is 5. The molecule has 0 radical (unpaired) electrons. The van der Waals surface area contributed by atoms with Crippen LogP contribution in [0, 0.1) is 23.3 Å². The minimum atomic E-state index is -1.57. The van der Waals surface area contributed by atoms with E-state index in [9.17, 15) is 17.6 Å². The number of hydrogen-bond acceptors (Lipinski definition) is 1. The quantitative estimate of drug-likeness (QED) is 0.500. The summed E-state index contributed by atoms with van der Waals surface area (Å²) in [6, 6.07) is 0. The molecule has 1 rings (SSSR count). The molecule has 1 unspecified atom stereocenters. The first-order valence-corrected chi connectivity index (χ1v) is 5.01. The molecule has 1 atom stereocenters. The van der Waals surface area contributed by atoms with E-state index in [2.05, 4.69) is 0 Å². The Labute approximate surface area is 95.2 Å². The zero-order valence-corrected chi connectivity index (χ0v) is 9.21. The molecule has 90 valence electrons. The molecule has 2 N–H and O–H groups in total. The van der Waals surface area contributed by atoms with Gasteiger partial charge >= 0.3 is 0 Å². The smallest absolute Gasteiger partial charge is 0.180 e. The van der Waals surface area contributed by atoms with Gasteiger partial charge in [0.15, 0.2) is 23.3 Å². The molecule has 0 bridgehead atoms. The van der Waals surface area contributed by atoms with Crippen LogP contribution in [0.4, 0.5) is 17.6 Å². The molecular weight excluding hydrogens is 246 g/mol. The van der Waals surface area contributed by atoms with Gasteiger partial charge in [0.1, 0.15) is 5.02 Å². The zero-order valence-electron chi connectivity index (χ0n) is 8.46. The van der Waals surface area contributed by atoms with Crippen LogP contribution in [-0.4, -0.2) is 6.54 Å². The highest BCUT2D eigenvalue weighted by molar-refractivity contribution is 6.30. The third-order valence-electron chi connectivity index (χ3n) is 2.34. The van der Waals surface area contributed by atoms with Gasteiger partial charge in [0.2, 0.25) is 0 Å². The van der Waals surface area contributed by atoms with Crippen molar-refractivity contribution < 1.29 is 17.6 Å². The summed E-state index contributed by atoms with van der Waals surface area (Å²) in [6.45, 7) is 1.59. The van der Waals surface area contributed by atoms with Crippen LogP contribution in [0.25, 0.3) is 0 Å². The van der Waals surface area contributed by atoms with Gasteiger partial charge in [-0.15, -0.1) is 0 Å². The van der Waals surface area contributed by atoms with Crippen molar-refractivity contribution in [3.05, 3.63) is 33.9 Å². The topological polar surface area (TPSA) is 26.0 Å². The van der Waals surface area contributed by atoms with E-state index >= 15 is 0 Å². The van der Waals surface area contributed by atoms with E-state index in [0.717, 1.165) is 0 Å². The second kappa shape index (κ2) is 5.01. The molecular formula is C10H10ClF4N. The van der Waals surface area contributed by atoms with Crippen molar-refractivity contribution in [3.63, 3.8) is 0 Å². The lowest BCUT2D eigenvalue weighted by Gasteiger charge is -2.14. The molecule has 1 aromatic rings. The van der Waals surface area contributed by atoms with Crippen LogP contribution in [0.5, 0.6) is 0 Å². The molecule has 1 aromatic carbocycles. The molecule has 0 fully saturated rings. The van der Waals surface area contributed by atoms with E-state index in [1.807, 2.05) is 0 Å². The van der Waals surface area contributed by atoms with E-state index in [-0.39, 0.29) is 13.0 Å². The monoisotopic (exact) mass is 255 g/mol. The molecule has 0 aliphatic carbocycles. The maximum atomic E-state index is 13.4. The molecule has 0 aromatic heterocycles. The number of rotatable bonds is 3. The Morgan fingerprint density at radius 2 is 1.50 bits per heavy atom. The average molecular weight is 256 g/mol. The van der Waals surface area contributed by atoms with Crippen molar-refractivity contribution in [2.75, 3.05) is 6.54 Å². The fourth-order valence-corrected chi connectivity index (χ4v) is 1.61. The van der Waals surface area contributed by atoms with E-state index in [0.29, 0.717) is 0 Å². The van der Waals surface area contributed by atoms with E-state index < -0.39 is 39.8 Å². The SMILES string of the molecule is CC(CCN)c1c(F)c(F)c(Cl)c(F)c1F. The molecule has 6 heteroatoms. The van der Waals surface area contributed by atoms with Gasteiger partial charge in [0.25, 0.3) is 0 Å². The van der Waals surface area contributed by atoms with Gasteiger partial charge in [-0.3, -0.25) is 0 Å². The standard InChI is InChI=1S/C10H10ClF4N/c1-4(2-3-16)5-7(12)9(14)6(11)10(15)8(5)13/h4H,2-3,16H2,1H3. The summed E-state index contributed by atoms with van der Waals surface area (Å²) in [5.74, 6) is -6.76. The van der Waals surface area contributed by atoms with Crippen LogP contribution in [-0.2, 0) is 0 Å². The van der Waals surface area contributed by atoms with Crippen LogP contribution in [0.15, 0.2) is 0 Å². The van der Waals surface area contributed by atoms with Crippen molar-refractivity contribution in [1.29, 1.82) is 0 Å². The van der Waals surface area contributed by atoms with E-state index in [1.165, 1.54) is 6.92 Å². The first-order chi connectivity index (χ1) is 7.41. The van der Waals surface area contributed by atoms with Crippen LogP contribution in [0.1, 0.15) is 24.8 Å². The van der Waals surface area contributed by atoms with Gasteiger partial charge in [0.05, 0.1) is 0 Å². The van der Waals surface area contributed by atoms with Crippen molar-refractivity contribution in [1.82, 2.24) is 0 Å². The second-order valence-electron chi connectivity index (χ2n) is 3.46. The lowest BCUT2D eigenvalue weighted by Crippen LogP contribution is -2.11. The molecule has 0 saturated carbocycles. The Morgan fingerprint density at radius 3 is 1.88 bits per heavy atom. The largest absolute Gasteiger partial charge is 0.330 e. The van der Waals surface area contributed by atoms with Gasteiger partial charge in [-0.1, -0.05) is 18.5 Å². The Kier molecular flexibility index (Phi) is 4.15. The zero-order chi connectivity index (χ0) is 12.5. The summed E-state index contributed by atoms with van der Waals surface area (Å²) in [5.41, 5.74) is 4.57. The molecule has 0 aliphatic rings. The highest BCUT2D eigenvalue weighted by atomic mass is 35.5. The van der Waals surface area contributed by atoms with Crippen LogP contribution < -0.4 is 5.73 Å². The van der Waals surface area contributed by atoms with Gasteiger partial charge in [-0.25, -0.2) is 17.6 Å². The van der Waals surface area contributed by atoms with Crippen LogP contribution in [0.3, 0.4) is 0 Å². The molecule has 0 aliphatic heterocycles. The van der Waals surface area contributed by atoms with Crippen LogP contribution >= 0.6 is 11.6 Å². The van der Waals surface area contributed by atoms with Gasteiger partial charge < -0.3 is 5.73 Å². The summed E-state index contributed by atoms with van der Waals surface area (Å²) in [6.07, 6.45) is 0.217. The minimum Gasteiger partial charge on any atom is -0.330 e. The molecule has 1 nitrogen and oxygen atoms in total. The van der Waals surface area contributed by atoms with Crippen molar-refractivity contribution in [2.45, 2.75) is 19.3 Å². The van der Waals surface area contributed by atoms with Crippen molar-refractivity contribution >= 4 is 11.6 Å². The van der Waals surface area contributed by atoms with Gasteiger partial charge in [-0.05, 0) is 18.9 Å². The van der Waals surface area contributed by atoms with Crippen molar-refractivity contribution in [3.8, 4) is 0 Å². The number of benzene rings is 1. The number of hydrogen-bond donors (Lipinski definition) is 1. The summed E-state index contributed by atoms with van der Waals surface area (Å²) in [4.78, 5) is 0. The molecule has 0 saturated heterocycles. The fraction of sp³-hybridized carbons (Fsp3) is 0.400. The highest BCUT2D eigenvalue weighted by Gasteiger charge is 2.26. The van der Waals surface area contributed by atoms with Crippen LogP contribution in [0.2, 0.25) is 5.02 Å². The molecule has 0 heterocycles. The third kappa shape index (κ3) is 2.15. The van der Waals surface area contributed by atoms with E-state index in [4.69, 9.17) is 17.3 Å². The maximum Gasteiger partial charge on any atom is 0.180 e. The average Bonchev–Trinajstić information content (AvgIpc) is 2.24. The molecule has 0 spiro atoms. The van der Waals surface area contributed by atoms with E-state index in [1.54, 1.807) is 0 Å². The minimum absolute atomic E-state index is 0.159.